The first-order valence-electron chi connectivity index (χ1n) is 11.7. The van der Waals surface area contributed by atoms with Gasteiger partial charge in [0.1, 0.15) is 10.6 Å². The lowest BCUT2D eigenvalue weighted by Gasteiger charge is -2.27. The van der Waals surface area contributed by atoms with E-state index in [9.17, 15) is 13.2 Å². The molecule has 1 N–H and O–H groups in total. The molecule has 0 bridgehead atoms. The Morgan fingerprint density at radius 1 is 1.09 bits per heavy atom. The number of carbonyl (C=O) groups is 1. The summed E-state index contributed by atoms with van der Waals surface area (Å²) in [6.07, 6.45) is 2.87. The Morgan fingerprint density at radius 3 is 2.56 bits per heavy atom. The molecule has 0 spiro atoms. The number of sulfonamides is 1. The molecule has 34 heavy (non-hydrogen) atoms. The highest BCUT2D eigenvalue weighted by molar-refractivity contribution is 7.89. The maximum absolute atomic E-state index is 13.4. The average Bonchev–Trinajstić information content (AvgIpc) is 2.83. The van der Waals surface area contributed by atoms with Gasteiger partial charge in [-0.25, -0.2) is 8.42 Å². The fourth-order valence-corrected chi connectivity index (χ4v) is 6.18. The lowest BCUT2D eigenvalue weighted by Crippen LogP contribution is -2.35. The van der Waals surface area contributed by atoms with E-state index in [1.54, 1.807) is 12.1 Å². The van der Waals surface area contributed by atoms with E-state index in [4.69, 9.17) is 4.74 Å². The van der Waals surface area contributed by atoms with Crippen LogP contribution in [-0.4, -0.2) is 43.3 Å². The number of fused-ring (bicyclic) bond motifs is 1. The van der Waals surface area contributed by atoms with Gasteiger partial charge in [-0.05, 0) is 69.0 Å². The highest BCUT2D eigenvalue weighted by Gasteiger charge is 2.29. The van der Waals surface area contributed by atoms with Crippen LogP contribution in [-0.2, 0) is 21.2 Å². The number of nitrogens with one attached hydrogen (secondary N) is 1. The van der Waals surface area contributed by atoms with Crippen molar-refractivity contribution in [2.75, 3.05) is 25.0 Å². The van der Waals surface area contributed by atoms with Gasteiger partial charge in [0.2, 0.25) is 15.9 Å². The minimum absolute atomic E-state index is 0.0915. The normalized spacial score (nSPS) is 14.8. The Morgan fingerprint density at radius 2 is 1.82 bits per heavy atom. The van der Waals surface area contributed by atoms with Crippen LogP contribution in [0.25, 0.3) is 10.9 Å². The van der Waals surface area contributed by atoms with E-state index >= 15 is 0 Å². The minimum atomic E-state index is -3.72. The molecule has 7 nitrogen and oxygen atoms in total. The zero-order valence-electron chi connectivity index (χ0n) is 19.9. The van der Waals surface area contributed by atoms with Crippen molar-refractivity contribution in [1.82, 2.24) is 9.29 Å². The van der Waals surface area contributed by atoms with E-state index in [0.717, 1.165) is 47.0 Å². The van der Waals surface area contributed by atoms with Gasteiger partial charge in [-0.15, -0.1) is 0 Å². The van der Waals surface area contributed by atoms with Crippen molar-refractivity contribution < 1.29 is 17.9 Å². The molecule has 1 aromatic heterocycles. The molecule has 1 aliphatic heterocycles. The van der Waals surface area contributed by atoms with Gasteiger partial charge in [0.05, 0.1) is 18.5 Å². The van der Waals surface area contributed by atoms with Crippen LogP contribution < -0.4 is 10.1 Å². The lowest BCUT2D eigenvalue weighted by atomic mass is 9.99. The molecule has 2 heterocycles. The Kier molecular flexibility index (Phi) is 7.19. The number of aromatic nitrogens is 1. The third-order valence-corrected chi connectivity index (χ3v) is 8.20. The number of carbonyl (C=O) groups excluding carboxylic acids is 1. The van der Waals surface area contributed by atoms with E-state index in [2.05, 4.69) is 10.3 Å². The number of anilines is 1. The number of nitrogens with zero attached hydrogens (tertiary/aromatic N) is 2. The zero-order valence-corrected chi connectivity index (χ0v) is 20.7. The van der Waals surface area contributed by atoms with E-state index in [1.165, 1.54) is 10.4 Å². The van der Waals surface area contributed by atoms with Crippen LogP contribution in [0.5, 0.6) is 5.75 Å². The van der Waals surface area contributed by atoms with Gasteiger partial charge in [-0.1, -0.05) is 24.6 Å². The van der Waals surface area contributed by atoms with Crippen LogP contribution in [0.15, 0.2) is 47.4 Å². The molecule has 0 atom stereocenters. The average molecular weight is 482 g/mol. The number of ether oxygens (including phenoxy) is 1. The predicted octanol–water partition coefficient (Wildman–Crippen LogP) is 4.61. The maximum atomic E-state index is 13.4. The van der Waals surface area contributed by atoms with Crippen molar-refractivity contribution in [2.45, 2.75) is 51.3 Å². The molecule has 1 saturated heterocycles. The van der Waals surface area contributed by atoms with Crippen molar-refractivity contribution in [3.63, 3.8) is 0 Å². The van der Waals surface area contributed by atoms with Crippen LogP contribution in [0.1, 0.15) is 43.0 Å². The van der Waals surface area contributed by atoms with Crippen molar-refractivity contribution in [3.05, 3.63) is 59.3 Å². The highest BCUT2D eigenvalue weighted by Crippen LogP contribution is 2.32. The van der Waals surface area contributed by atoms with Crippen molar-refractivity contribution in [2.24, 2.45) is 0 Å². The fourth-order valence-electron chi connectivity index (χ4n) is 4.50. The van der Waals surface area contributed by atoms with Gasteiger partial charge in [-0.2, -0.15) is 4.31 Å². The number of pyridine rings is 1. The largest absolute Gasteiger partial charge is 0.492 e. The molecule has 180 valence electrons. The van der Waals surface area contributed by atoms with Crippen LogP contribution in [0.4, 0.5) is 5.69 Å². The summed E-state index contributed by atoms with van der Waals surface area (Å²) in [7, 11) is -3.72. The quantitative estimate of drug-likeness (QED) is 0.533. The molecule has 0 saturated carbocycles. The standard InChI is InChI=1S/C26H31N3O4S/c1-4-33-24-13-12-20(16-25(24)34(31,32)29-14-8-5-9-15-29)28-26(30)17-22-18(2)21-10-6-7-11-23(21)27-19(22)3/h6-7,10-13,16H,4-5,8-9,14-15,17H2,1-3H3,(H,28,30). The molecule has 1 aliphatic rings. The van der Waals surface area contributed by atoms with Gasteiger partial charge >= 0.3 is 0 Å². The number of benzene rings is 2. The molecule has 2 aromatic carbocycles. The van der Waals surface area contributed by atoms with Crippen LogP contribution >= 0.6 is 0 Å². The first-order chi connectivity index (χ1) is 16.3. The number of rotatable bonds is 7. The first-order valence-corrected chi connectivity index (χ1v) is 13.2. The smallest absolute Gasteiger partial charge is 0.246 e. The van der Waals surface area contributed by atoms with E-state index in [0.29, 0.717) is 31.1 Å². The van der Waals surface area contributed by atoms with Gasteiger partial charge in [0, 0.05) is 29.9 Å². The number of para-hydroxylation sites is 1. The van der Waals surface area contributed by atoms with E-state index in [-0.39, 0.29) is 17.2 Å². The number of hydrogen-bond acceptors (Lipinski definition) is 5. The predicted molar refractivity (Wildman–Crippen MR) is 134 cm³/mol. The number of aryl methyl sites for hydroxylation is 2. The Hall–Kier alpha value is -2.97. The summed E-state index contributed by atoms with van der Waals surface area (Å²) in [6.45, 7) is 7.06. The lowest BCUT2D eigenvalue weighted by molar-refractivity contribution is -0.115. The van der Waals surface area contributed by atoms with E-state index in [1.807, 2.05) is 45.0 Å². The summed E-state index contributed by atoms with van der Waals surface area (Å²) in [5.41, 5.74) is 4.04. The molecular formula is C26H31N3O4S. The van der Waals surface area contributed by atoms with Crippen molar-refractivity contribution in [3.8, 4) is 5.75 Å². The third-order valence-electron chi connectivity index (χ3n) is 6.28. The number of hydrogen-bond donors (Lipinski definition) is 1. The van der Waals surface area contributed by atoms with Crippen molar-refractivity contribution >= 4 is 32.5 Å². The summed E-state index contributed by atoms with van der Waals surface area (Å²) >= 11 is 0. The summed E-state index contributed by atoms with van der Waals surface area (Å²) < 4.78 is 33.8. The van der Waals surface area contributed by atoms with Crippen LogP contribution in [0, 0.1) is 13.8 Å². The molecule has 0 radical (unpaired) electrons. The third kappa shape index (κ3) is 4.93. The minimum Gasteiger partial charge on any atom is -0.492 e. The van der Waals surface area contributed by atoms with Gasteiger partial charge in [0.15, 0.2) is 0 Å². The van der Waals surface area contributed by atoms with Crippen molar-refractivity contribution in [1.29, 1.82) is 0 Å². The topological polar surface area (TPSA) is 88.6 Å². The van der Waals surface area contributed by atoms with Crippen LogP contribution in [0.3, 0.4) is 0 Å². The Balaban J connectivity index is 1.60. The fraction of sp³-hybridized carbons (Fsp3) is 0.385. The molecule has 0 aliphatic carbocycles. The molecule has 8 heteroatoms. The second-order valence-corrected chi connectivity index (χ2v) is 10.5. The van der Waals surface area contributed by atoms with Gasteiger partial charge in [0.25, 0.3) is 0 Å². The second-order valence-electron chi connectivity index (χ2n) is 8.60. The van der Waals surface area contributed by atoms with Gasteiger partial charge in [-0.3, -0.25) is 9.78 Å². The molecule has 3 aromatic rings. The van der Waals surface area contributed by atoms with Crippen LogP contribution in [0.2, 0.25) is 0 Å². The molecular weight excluding hydrogens is 450 g/mol. The molecule has 0 unspecified atom stereocenters. The summed E-state index contributed by atoms with van der Waals surface area (Å²) in [5.74, 6) is 0.0743. The Labute approximate surface area is 201 Å². The maximum Gasteiger partial charge on any atom is 0.246 e. The number of amides is 1. The zero-order chi connectivity index (χ0) is 24.3. The first kappa shape index (κ1) is 24.2. The SMILES string of the molecule is CCOc1ccc(NC(=O)Cc2c(C)nc3ccccc3c2C)cc1S(=O)(=O)N1CCCCC1. The molecule has 1 fully saturated rings. The highest BCUT2D eigenvalue weighted by atomic mass is 32.2. The summed E-state index contributed by atoms with van der Waals surface area (Å²) in [5, 5.41) is 3.89. The molecule has 4 rings (SSSR count). The van der Waals surface area contributed by atoms with Gasteiger partial charge < -0.3 is 10.1 Å². The second kappa shape index (κ2) is 10.1. The molecule has 1 amide bonds. The van der Waals surface area contributed by atoms with E-state index < -0.39 is 10.0 Å². The monoisotopic (exact) mass is 481 g/mol. The Bertz CT molecular complexity index is 1320. The number of piperidine rings is 1. The summed E-state index contributed by atoms with van der Waals surface area (Å²) in [6, 6.07) is 12.7. The summed E-state index contributed by atoms with van der Waals surface area (Å²) in [4.78, 5) is 17.7.